The third-order valence-corrected chi connectivity index (χ3v) is 6.70. The summed E-state index contributed by atoms with van der Waals surface area (Å²) in [6, 6.07) is 0. The highest BCUT2D eigenvalue weighted by atomic mass is 32.2. The summed E-state index contributed by atoms with van der Waals surface area (Å²) in [5.41, 5.74) is -0.257. The van der Waals surface area contributed by atoms with Crippen LogP contribution in [-0.2, 0) is 0 Å². The first-order valence-electron chi connectivity index (χ1n) is 7.37. The van der Waals surface area contributed by atoms with E-state index < -0.39 is 11.1 Å². The fourth-order valence-electron chi connectivity index (χ4n) is 3.21. The van der Waals surface area contributed by atoms with Gasteiger partial charge in [-0.2, -0.15) is 0 Å². The van der Waals surface area contributed by atoms with Crippen molar-refractivity contribution in [2.75, 3.05) is 0 Å². The van der Waals surface area contributed by atoms with Crippen LogP contribution in [-0.4, -0.2) is 24.5 Å². The van der Waals surface area contributed by atoms with Crippen LogP contribution < -0.4 is 0 Å². The van der Waals surface area contributed by atoms with E-state index in [1.807, 2.05) is 6.33 Å². The molecule has 0 amide bonds. The van der Waals surface area contributed by atoms with E-state index >= 15 is 0 Å². The summed E-state index contributed by atoms with van der Waals surface area (Å²) in [6.45, 7) is 2.13. The zero-order chi connectivity index (χ0) is 13.2. The lowest BCUT2D eigenvalue weighted by Crippen LogP contribution is -2.21. The number of aliphatic hydroxyl groups is 1. The lowest BCUT2D eigenvalue weighted by Gasteiger charge is -2.30. The van der Waals surface area contributed by atoms with Crippen molar-refractivity contribution in [2.24, 2.45) is 10.9 Å². The molecule has 0 radical (unpaired) electrons. The van der Waals surface area contributed by atoms with Crippen LogP contribution in [0.2, 0.25) is 0 Å². The van der Waals surface area contributed by atoms with Crippen molar-refractivity contribution in [3.05, 3.63) is 12.5 Å². The molecule has 2 atom stereocenters. The molecule has 1 aliphatic carbocycles. The Balaban J connectivity index is 1.72. The summed E-state index contributed by atoms with van der Waals surface area (Å²) < 4.78 is 2.10. The van der Waals surface area contributed by atoms with Gasteiger partial charge in [0.25, 0.3) is 0 Å². The van der Waals surface area contributed by atoms with E-state index in [0.717, 1.165) is 23.7 Å². The molecule has 2 aliphatic rings. The predicted molar refractivity (Wildman–Crippen MR) is 81.2 cm³/mol. The average Bonchev–Trinajstić information content (AvgIpc) is 2.99. The maximum atomic E-state index is 10.7. The average molecular weight is 281 g/mol. The second-order valence-electron chi connectivity index (χ2n) is 5.54. The Morgan fingerprint density at radius 2 is 2.21 bits per heavy atom. The number of thiol groups is 1. The molecule has 106 valence electrons. The van der Waals surface area contributed by atoms with E-state index in [1.54, 1.807) is 6.20 Å². The lowest BCUT2D eigenvalue weighted by atomic mass is 9.87. The van der Waals surface area contributed by atoms with Gasteiger partial charge in [-0.25, -0.2) is 9.98 Å². The van der Waals surface area contributed by atoms with Crippen molar-refractivity contribution in [3.63, 3.8) is 0 Å². The molecule has 1 N–H and O–H groups in total. The Hall–Kier alpha value is -0.810. The summed E-state index contributed by atoms with van der Waals surface area (Å²) >= 11 is -0.714. The Bertz CT molecular complexity index is 465. The molecule has 1 fully saturated rings. The number of imidazole rings is 1. The quantitative estimate of drug-likeness (QED) is 0.831. The standard InChI is InChI=1S/C14H23N3OS/c1-2-13-16-12-9-15-10-17(12)19(13)14(18)8-11-6-4-3-5-7-11/h9-11,14,18-19H,2-8H2,1H3. The molecule has 1 aliphatic heterocycles. The zero-order valence-electron chi connectivity index (χ0n) is 11.5. The molecule has 2 heterocycles. The molecule has 2 unspecified atom stereocenters. The number of hydrogen-bond donors (Lipinski definition) is 2. The van der Waals surface area contributed by atoms with Gasteiger partial charge in [0.2, 0.25) is 0 Å². The summed E-state index contributed by atoms with van der Waals surface area (Å²) in [5, 5.41) is 11.8. The number of aliphatic imine (C=N–C) groups is 1. The van der Waals surface area contributed by atoms with Gasteiger partial charge in [0.15, 0.2) is 5.82 Å². The summed E-state index contributed by atoms with van der Waals surface area (Å²) in [6.07, 6.45) is 12.1. The monoisotopic (exact) mass is 281 g/mol. The van der Waals surface area contributed by atoms with Crippen molar-refractivity contribution in [1.29, 1.82) is 0 Å². The minimum Gasteiger partial charge on any atom is -0.382 e. The largest absolute Gasteiger partial charge is 0.382 e. The van der Waals surface area contributed by atoms with Crippen molar-refractivity contribution in [2.45, 2.75) is 57.3 Å². The minimum absolute atomic E-state index is 0.257. The third-order valence-electron chi connectivity index (χ3n) is 4.21. The van der Waals surface area contributed by atoms with Crippen LogP contribution in [0, 0.1) is 5.92 Å². The van der Waals surface area contributed by atoms with Crippen LogP contribution in [0.5, 0.6) is 0 Å². The first kappa shape index (κ1) is 13.2. The SMILES string of the molecule is CCC1=Nc2cncn2[SH]1C(O)CC1CCCCC1. The lowest BCUT2D eigenvalue weighted by molar-refractivity contribution is 0.201. The number of rotatable bonds is 4. The Labute approximate surface area is 117 Å². The maximum absolute atomic E-state index is 10.7. The second-order valence-corrected chi connectivity index (χ2v) is 7.78. The van der Waals surface area contributed by atoms with E-state index in [-0.39, 0.29) is 5.44 Å². The second kappa shape index (κ2) is 5.67. The van der Waals surface area contributed by atoms with Crippen molar-refractivity contribution in [1.82, 2.24) is 8.96 Å². The molecule has 4 nitrogen and oxygen atoms in total. The van der Waals surface area contributed by atoms with Gasteiger partial charge in [0.1, 0.15) is 11.8 Å². The fourth-order valence-corrected chi connectivity index (χ4v) is 5.61. The summed E-state index contributed by atoms with van der Waals surface area (Å²) in [4.78, 5) is 8.76. The highest BCUT2D eigenvalue weighted by molar-refractivity contribution is 8.29. The van der Waals surface area contributed by atoms with Gasteiger partial charge in [0, 0.05) is 0 Å². The van der Waals surface area contributed by atoms with Gasteiger partial charge in [-0.05, 0) is 18.8 Å². The molecule has 0 aromatic carbocycles. The third kappa shape index (κ3) is 2.58. The predicted octanol–water partition coefficient (Wildman–Crippen LogP) is 3.39. The normalized spacial score (nSPS) is 27.1. The van der Waals surface area contributed by atoms with Crippen LogP contribution in [0.1, 0.15) is 51.9 Å². The molecule has 1 saturated carbocycles. The molecule has 0 saturated heterocycles. The van der Waals surface area contributed by atoms with Crippen LogP contribution in [0.4, 0.5) is 5.82 Å². The van der Waals surface area contributed by atoms with Crippen molar-refractivity contribution >= 4 is 21.9 Å². The van der Waals surface area contributed by atoms with Gasteiger partial charge in [-0.3, -0.25) is 3.97 Å². The number of fused-ring (bicyclic) bond motifs is 1. The smallest absolute Gasteiger partial charge is 0.162 e. The van der Waals surface area contributed by atoms with E-state index in [4.69, 9.17) is 0 Å². The molecule has 1 aromatic heterocycles. The van der Waals surface area contributed by atoms with Crippen LogP contribution in [0.15, 0.2) is 17.5 Å². The van der Waals surface area contributed by atoms with E-state index in [1.165, 1.54) is 32.1 Å². The number of nitrogens with zero attached hydrogens (tertiary/aromatic N) is 3. The van der Waals surface area contributed by atoms with Gasteiger partial charge < -0.3 is 5.11 Å². The van der Waals surface area contributed by atoms with Gasteiger partial charge in [-0.15, -0.1) is 11.1 Å². The van der Waals surface area contributed by atoms with Gasteiger partial charge in [-0.1, -0.05) is 39.0 Å². The molecular formula is C14H23N3OS. The first-order valence-corrected chi connectivity index (χ1v) is 8.73. The minimum atomic E-state index is -0.714. The topological polar surface area (TPSA) is 50.4 Å². The van der Waals surface area contributed by atoms with E-state index in [0.29, 0.717) is 5.92 Å². The highest BCUT2D eigenvalue weighted by Gasteiger charge is 2.30. The van der Waals surface area contributed by atoms with Crippen molar-refractivity contribution < 1.29 is 5.11 Å². The van der Waals surface area contributed by atoms with E-state index in [2.05, 4.69) is 20.9 Å². The number of aliphatic hydroxyl groups excluding tert-OH is 1. The highest BCUT2D eigenvalue weighted by Crippen LogP contribution is 2.47. The zero-order valence-corrected chi connectivity index (χ0v) is 12.4. The Kier molecular flexibility index (Phi) is 3.93. The molecule has 0 spiro atoms. The first-order chi connectivity index (χ1) is 9.29. The van der Waals surface area contributed by atoms with Gasteiger partial charge in [0.05, 0.1) is 11.2 Å². The molecule has 0 bridgehead atoms. The molecule has 3 rings (SSSR count). The van der Waals surface area contributed by atoms with Crippen LogP contribution in [0.3, 0.4) is 0 Å². The summed E-state index contributed by atoms with van der Waals surface area (Å²) in [5.74, 6) is 1.63. The molecular weight excluding hydrogens is 258 g/mol. The van der Waals surface area contributed by atoms with Crippen LogP contribution in [0.25, 0.3) is 0 Å². The Morgan fingerprint density at radius 3 is 2.95 bits per heavy atom. The number of aromatic nitrogens is 2. The number of hydrogen-bond acceptors (Lipinski definition) is 3. The van der Waals surface area contributed by atoms with Crippen molar-refractivity contribution in [3.8, 4) is 0 Å². The summed E-state index contributed by atoms with van der Waals surface area (Å²) in [7, 11) is 0. The molecule has 19 heavy (non-hydrogen) atoms. The molecule has 5 heteroatoms. The molecule has 1 aromatic rings. The van der Waals surface area contributed by atoms with E-state index in [9.17, 15) is 5.11 Å². The van der Waals surface area contributed by atoms with Gasteiger partial charge >= 0.3 is 0 Å². The Morgan fingerprint density at radius 1 is 1.42 bits per heavy atom. The maximum Gasteiger partial charge on any atom is 0.162 e. The van der Waals surface area contributed by atoms with Crippen LogP contribution >= 0.6 is 11.1 Å². The fraction of sp³-hybridized carbons (Fsp3) is 0.714.